The first kappa shape index (κ1) is 13.1. The Morgan fingerprint density at radius 3 is 3.11 bits per heavy atom. The van der Waals surface area contributed by atoms with E-state index in [9.17, 15) is 9.18 Å². The molecule has 100 valence electrons. The van der Waals surface area contributed by atoms with Crippen molar-refractivity contribution >= 4 is 5.91 Å². The molecule has 0 bridgehead atoms. The van der Waals surface area contributed by atoms with Gasteiger partial charge in [0.1, 0.15) is 17.8 Å². The molecule has 0 radical (unpaired) electrons. The molecule has 1 aromatic heterocycles. The minimum absolute atomic E-state index is 0.151. The Kier molecular flexibility index (Phi) is 4.49. The molecule has 1 heterocycles. The Morgan fingerprint density at radius 1 is 1.47 bits per heavy atom. The minimum Gasteiger partial charge on any atom is -0.484 e. The molecule has 0 fully saturated rings. The molecule has 5 nitrogen and oxygen atoms in total. The van der Waals surface area contributed by atoms with Gasteiger partial charge in [0.15, 0.2) is 13.0 Å². The standard InChI is InChI=1S/C13H13FN2O3/c14-10-2-1-3-12(6-10)19-8-13(17)15-5-4-11-7-18-9-16-11/h1-3,6-7,9H,4-5,8H2,(H,15,17). The van der Waals surface area contributed by atoms with Gasteiger partial charge in [0.05, 0.1) is 5.69 Å². The van der Waals surface area contributed by atoms with Crippen LogP contribution in [0.1, 0.15) is 5.69 Å². The maximum atomic E-state index is 12.9. The number of halogens is 1. The molecule has 0 saturated carbocycles. The van der Waals surface area contributed by atoms with Gasteiger partial charge in [-0.1, -0.05) is 6.07 Å². The van der Waals surface area contributed by atoms with Crippen molar-refractivity contribution in [1.29, 1.82) is 0 Å². The maximum Gasteiger partial charge on any atom is 0.257 e. The summed E-state index contributed by atoms with van der Waals surface area (Å²) < 4.78 is 22.8. The van der Waals surface area contributed by atoms with E-state index in [0.717, 1.165) is 5.69 Å². The third-order valence-corrected chi connectivity index (χ3v) is 2.35. The van der Waals surface area contributed by atoms with Gasteiger partial charge in [0, 0.05) is 19.0 Å². The lowest BCUT2D eigenvalue weighted by Gasteiger charge is -2.06. The fourth-order valence-electron chi connectivity index (χ4n) is 1.45. The average Bonchev–Trinajstić information content (AvgIpc) is 2.90. The lowest BCUT2D eigenvalue weighted by molar-refractivity contribution is -0.123. The normalized spacial score (nSPS) is 10.2. The molecule has 0 aliphatic carbocycles. The monoisotopic (exact) mass is 264 g/mol. The molecule has 2 rings (SSSR count). The van der Waals surface area contributed by atoms with Gasteiger partial charge in [0.2, 0.25) is 0 Å². The molecular weight excluding hydrogens is 251 g/mol. The number of hydrogen-bond donors (Lipinski definition) is 1. The van der Waals surface area contributed by atoms with Crippen molar-refractivity contribution in [2.45, 2.75) is 6.42 Å². The number of benzene rings is 1. The first-order chi connectivity index (χ1) is 9.24. The molecule has 2 aromatic rings. The predicted octanol–water partition coefficient (Wildman–Crippen LogP) is 1.55. The Hall–Kier alpha value is -2.37. The smallest absolute Gasteiger partial charge is 0.257 e. The molecule has 0 aliphatic rings. The van der Waals surface area contributed by atoms with Crippen molar-refractivity contribution in [3.63, 3.8) is 0 Å². The van der Waals surface area contributed by atoms with Crippen LogP contribution >= 0.6 is 0 Å². The van der Waals surface area contributed by atoms with Gasteiger partial charge in [-0.15, -0.1) is 0 Å². The Morgan fingerprint density at radius 2 is 2.37 bits per heavy atom. The zero-order valence-corrected chi connectivity index (χ0v) is 10.1. The van der Waals surface area contributed by atoms with Crippen molar-refractivity contribution in [2.75, 3.05) is 13.2 Å². The lowest BCUT2D eigenvalue weighted by atomic mass is 10.3. The number of oxazole rings is 1. The fourth-order valence-corrected chi connectivity index (χ4v) is 1.45. The molecule has 1 amide bonds. The number of carbonyl (C=O) groups is 1. The highest BCUT2D eigenvalue weighted by atomic mass is 19.1. The van der Waals surface area contributed by atoms with Crippen LogP contribution in [-0.4, -0.2) is 24.0 Å². The van der Waals surface area contributed by atoms with Gasteiger partial charge < -0.3 is 14.5 Å². The van der Waals surface area contributed by atoms with Gasteiger partial charge in [-0.3, -0.25) is 4.79 Å². The molecular formula is C13H13FN2O3. The van der Waals surface area contributed by atoms with Crippen LogP contribution in [0.4, 0.5) is 4.39 Å². The topological polar surface area (TPSA) is 64.4 Å². The number of amides is 1. The summed E-state index contributed by atoms with van der Waals surface area (Å²) >= 11 is 0. The predicted molar refractivity (Wildman–Crippen MR) is 65.1 cm³/mol. The van der Waals surface area contributed by atoms with Crippen molar-refractivity contribution in [3.05, 3.63) is 48.4 Å². The molecule has 0 saturated heterocycles. The third-order valence-electron chi connectivity index (χ3n) is 2.35. The second-order valence-electron chi connectivity index (χ2n) is 3.83. The summed E-state index contributed by atoms with van der Waals surface area (Å²) in [5, 5.41) is 2.67. The number of nitrogens with one attached hydrogen (secondary N) is 1. The number of hydrogen-bond acceptors (Lipinski definition) is 4. The SMILES string of the molecule is O=C(COc1cccc(F)c1)NCCc1cocn1. The van der Waals surface area contributed by atoms with Crippen LogP contribution < -0.4 is 10.1 Å². The summed E-state index contributed by atoms with van der Waals surface area (Å²) in [6, 6.07) is 5.65. The number of rotatable bonds is 6. The van der Waals surface area contributed by atoms with Crippen LogP contribution in [-0.2, 0) is 11.2 Å². The van der Waals surface area contributed by atoms with Gasteiger partial charge in [0.25, 0.3) is 5.91 Å². The van der Waals surface area contributed by atoms with Gasteiger partial charge in [-0.25, -0.2) is 9.37 Å². The third kappa shape index (κ3) is 4.42. The van der Waals surface area contributed by atoms with E-state index >= 15 is 0 Å². The van der Waals surface area contributed by atoms with Gasteiger partial charge in [-0.2, -0.15) is 0 Å². The first-order valence-electron chi connectivity index (χ1n) is 5.76. The molecule has 19 heavy (non-hydrogen) atoms. The van der Waals surface area contributed by atoms with E-state index in [1.54, 1.807) is 6.07 Å². The molecule has 1 aromatic carbocycles. The van der Waals surface area contributed by atoms with E-state index in [2.05, 4.69) is 10.3 Å². The quantitative estimate of drug-likeness (QED) is 0.859. The van der Waals surface area contributed by atoms with Gasteiger partial charge in [-0.05, 0) is 12.1 Å². The summed E-state index contributed by atoms with van der Waals surface area (Å²) in [7, 11) is 0. The number of carbonyl (C=O) groups excluding carboxylic acids is 1. The Balaban J connectivity index is 1.67. The van der Waals surface area contributed by atoms with Crippen molar-refractivity contribution in [3.8, 4) is 5.75 Å². The van der Waals surface area contributed by atoms with E-state index in [0.29, 0.717) is 18.7 Å². The van der Waals surface area contributed by atoms with Crippen LogP contribution in [0.5, 0.6) is 5.75 Å². The van der Waals surface area contributed by atoms with E-state index in [1.807, 2.05) is 0 Å². The second-order valence-corrected chi connectivity index (χ2v) is 3.83. The molecule has 6 heteroatoms. The number of nitrogens with zero attached hydrogens (tertiary/aromatic N) is 1. The molecule has 1 N–H and O–H groups in total. The largest absolute Gasteiger partial charge is 0.484 e. The van der Waals surface area contributed by atoms with Crippen LogP contribution in [0.3, 0.4) is 0 Å². The Bertz CT molecular complexity index is 528. The van der Waals surface area contributed by atoms with Crippen LogP contribution in [0.15, 0.2) is 41.3 Å². The fraction of sp³-hybridized carbons (Fsp3) is 0.231. The number of aromatic nitrogens is 1. The van der Waals surface area contributed by atoms with E-state index in [-0.39, 0.29) is 12.5 Å². The van der Waals surface area contributed by atoms with E-state index < -0.39 is 5.82 Å². The van der Waals surface area contributed by atoms with Crippen molar-refractivity contribution in [1.82, 2.24) is 10.3 Å². The molecule has 0 atom stereocenters. The summed E-state index contributed by atoms with van der Waals surface area (Å²) in [6.07, 6.45) is 3.45. The van der Waals surface area contributed by atoms with Crippen LogP contribution in [0.2, 0.25) is 0 Å². The summed E-state index contributed by atoms with van der Waals surface area (Å²) in [5.41, 5.74) is 0.770. The minimum atomic E-state index is -0.399. The maximum absolute atomic E-state index is 12.9. The number of ether oxygens (including phenoxy) is 1. The van der Waals surface area contributed by atoms with Gasteiger partial charge >= 0.3 is 0 Å². The highest BCUT2D eigenvalue weighted by Gasteiger charge is 2.03. The van der Waals surface area contributed by atoms with Crippen molar-refractivity contribution in [2.24, 2.45) is 0 Å². The second kappa shape index (κ2) is 6.53. The summed E-state index contributed by atoms with van der Waals surface area (Å²) in [4.78, 5) is 15.4. The van der Waals surface area contributed by atoms with Crippen LogP contribution in [0, 0.1) is 5.82 Å². The average molecular weight is 264 g/mol. The van der Waals surface area contributed by atoms with Crippen LogP contribution in [0.25, 0.3) is 0 Å². The molecule has 0 aliphatic heterocycles. The highest BCUT2D eigenvalue weighted by molar-refractivity contribution is 5.77. The first-order valence-corrected chi connectivity index (χ1v) is 5.76. The molecule has 0 spiro atoms. The highest BCUT2D eigenvalue weighted by Crippen LogP contribution is 2.11. The summed E-state index contributed by atoms with van der Waals surface area (Å²) in [6.45, 7) is 0.292. The van der Waals surface area contributed by atoms with E-state index in [1.165, 1.54) is 30.9 Å². The zero-order chi connectivity index (χ0) is 13.5. The Labute approximate surface area is 109 Å². The summed E-state index contributed by atoms with van der Waals surface area (Å²) in [5.74, 6) is -0.344. The lowest BCUT2D eigenvalue weighted by Crippen LogP contribution is -2.30. The van der Waals surface area contributed by atoms with Crippen molar-refractivity contribution < 1.29 is 18.3 Å². The zero-order valence-electron chi connectivity index (χ0n) is 10.1. The van der Waals surface area contributed by atoms with E-state index in [4.69, 9.17) is 9.15 Å². The molecule has 0 unspecified atom stereocenters.